The van der Waals surface area contributed by atoms with Gasteiger partial charge in [0.2, 0.25) is 0 Å². The van der Waals surface area contributed by atoms with Crippen LogP contribution in [-0.4, -0.2) is 21.4 Å². The number of methoxy groups -OCH3 is 1. The lowest BCUT2D eigenvalue weighted by Crippen LogP contribution is -2.25. The molecular weight excluding hydrogens is 388 g/mol. The molecule has 0 aliphatic carbocycles. The van der Waals surface area contributed by atoms with Crippen molar-refractivity contribution < 1.29 is 17.9 Å². The number of hydrogen-bond acceptors (Lipinski definition) is 4. The molecule has 0 atom stereocenters. The smallest absolute Gasteiger partial charge is 0.261 e. The van der Waals surface area contributed by atoms with Crippen LogP contribution in [0.25, 0.3) is 0 Å². The van der Waals surface area contributed by atoms with Crippen LogP contribution in [0.1, 0.15) is 21.5 Å². The van der Waals surface area contributed by atoms with Crippen molar-refractivity contribution in [1.82, 2.24) is 5.32 Å². The highest BCUT2D eigenvalue weighted by molar-refractivity contribution is 7.92. The standard InChI is InChI=1S/C22H22N2O4S/c1-16-14-18(12-13-21(16)28-2)29(26,27)24-20-11-7-6-10-19(20)22(25)23-15-17-8-4-3-5-9-17/h3-14,24H,15H2,1-2H3,(H,23,25). The molecule has 0 aromatic heterocycles. The number of ether oxygens (including phenoxy) is 1. The minimum absolute atomic E-state index is 0.0929. The van der Waals surface area contributed by atoms with Gasteiger partial charge in [-0.3, -0.25) is 9.52 Å². The third kappa shape index (κ3) is 4.94. The van der Waals surface area contributed by atoms with Crippen LogP contribution in [0.2, 0.25) is 0 Å². The molecule has 0 fully saturated rings. The molecule has 0 heterocycles. The van der Waals surface area contributed by atoms with Crippen molar-refractivity contribution >= 4 is 21.6 Å². The zero-order chi connectivity index (χ0) is 20.9. The van der Waals surface area contributed by atoms with Crippen molar-refractivity contribution in [3.05, 3.63) is 89.5 Å². The van der Waals surface area contributed by atoms with Gasteiger partial charge >= 0.3 is 0 Å². The van der Waals surface area contributed by atoms with E-state index in [1.807, 2.05) is 30.3 Å². The van der Waals surface area contributed by atoms with Gasteiger partial charge in [0.1, 0.15) is 5.75 Å². The molecule has 7 heteroatoms. The Bertz CT molecular complexity index is 1110. The van der Waals surface area contributed by atoms with Gasteiger partial charge in [-0.25, -0.2) is 8.42 Å². The molecule has 1 amide bonds. The van der Waals surface area contributed by atoms with Crippen molar-refractivity contribution in [3.63, 3.8) is 0 Å². The first-order valence-electron chi connectivity index (χ1n) is 8.99. The van der Waals surface area contributed by atoms with Gasteiger partial charge in [0, 0.05) is 6.54 Å². The van der Waals surface area contributed by atoms with Gasteiger partial charge < -0.3 is 10.1 Å². The molecule has 3 aromatic rings. The number of carbonyl (C=O) groups is 1. The van der Waals surface area contributed by atoms with E-state index < -0.39 is 10.0 Å². The number of nitrogens with one attached hydrogen (secondary N) is 2. The number of carbonyl (C=O) groups excluding carboxylic acids is 1. The number of benzene rings is 3. The lowest BCUT2D eigenvalue weighted by atomic mass is 10.1. The molecule has 150 valence electrons. The number of hydrogen-bond donors (Lipinski definition) is 2. The highest BCUT2D eigenvalue weighted by Gasteiger charge is 2.19. The first-order valence-corrected chi connectivity index (χ1v) is 10.5. The van der Waals surface area contributed by atoms with E-state index in [2.05, 4.69) is 10.0 Å². The highest BCUT2D eigenvalue weighted by atomic mass is 32.2. The Balaban J connectivity index is 1.81. The molecule has 0 aliphatic heterocycles. The summed E-state index contributed by atoms with van der Waals surface area (Å²) >= 11 is 0. The SMILES string of the molecule is COc1ccc(S(=O)(=O)Nc2ccccc2C(=O)NCc2ccccc2)cc1C. The predicted molar refractivity (Wildman–Crippen MR) is 113 cm³/mol. The van der Waals surface area contributed by atoms with Gasteiger partial charge in [0.15, 0.2) is 0 Å². The minimum Gasteiger partial charge on any atom is -0.496 e. The Hall–Kier alpha value is -3.32. The summed E-state index contributed by atoms with van der Waals surface area (Å²) in [6.45, 7) is 2.11. The molecule has 29 heavy (non-hydrogen) atoms. The second kappa shape index (κ2) is 8.79. The molecule has 0 bridgehead atoms. The summed E-state index contributed by atoms with van der Waals surface area (Å²) in [6, 6.07) is 20.6. The van der Waals surface area contributed by atoms with Crippen molar-refractivity contribution in [2.75, 3.05) is 11.8 Å². The fourth-order valence-corrected chi connectivity index (χ4v) is 4.03. The van der Waals surface area contributed by atoms with Gasteiger partial charge in [0.25, 0.3) is 15.9 Å². The molecule has 0 saturated heterocycles. The summed E-state index contributed by atoms with van der Waals surface area (Å²) in [7, 11) is -2.34. The lowest BCUT2D eigenvalue weighted by Gasteiger charge is -2.14. The average Bonchev–Trinajstić information content (AvgIpc) is 2.73. The number of para-hydroxylation sites is 1. The van der Waals surface area contributed by atoms with Gasteiger partial charge in [-0.15, -0.1) is 0 Å². The van der Waals surface area contributed by atoms with Crippen LogP contribution in [0.4, 0.5) is 5.69 Å². The molecule has 0 spiro atoms. The molecule has 0 unspecified atom stereocenters. The summed E-state index contributed by atoms with van der Waals surface area (Å²) in [5, 5.41) is 2.82. The number of sulfonamides is 1. The van der Waals surface area contributed by atoms with Crippen molar-refractivity contribution in [3.8, 4) is 5.75 Å². The maximum Gasteiger partial charge on any atom is 0.261 e. The Morgan fingerprint density at radius 1 is 0.966 bits per heavy atom. The summed E-state index contributed by atoms with van der Waals surface area (Å²) in [5.41, 5.74) is 2.11. The first kappa shape index (κ1) is 20.4. The fraction of sp³-hybridized carbons (Fsp3) is 0.136. The average molecular weight is 410 g/mol. The van der Waals surface area contributed by atoms with Crippen molar-refractivity contribution in [1.29, 1.82) is 0 Å². The van der Waals surface area contributed by atoms with Crippen LogP contribution in [0.3, 0.4) is 0 Å². The normalized spacial score (nSPS) is 11.0. The van der Waals surface area contributed by atoms with Crippen LogP contribution in [0.15, 0.2) is 77.7 Å². The molecule has 0 radical (unpaired) electrons. The molecule has 3 rings (SSSR count). The summed E-state index contributed by atoms with van der Waals surface area (Å²) < 4.78 is 33.3. The third-order valence-corrected chi connectivity index (χ3v) is 5.75. The van der Waals surface area contributed by atoms with Crippen LogP contribution >= 0.6 is 0 Å². The number of amides is 1. The number of aryl methyl sites for hydroxylation is 1. The molecular formula is C22H22N2O4S. The van der Waals surface area contributed by atoms with Gasteiger partial charge in [0.05, 0.1) is 23.3 Å². The van der Waals surface area contributed by atoms with Gasteiger partial charge in [-0.1, -0.05) is 42.5 Å². The summed E-state index contributed by atoms with van der Waals surface area (Å²) in [4.78, 5) is 12.7. The minimum atomic E-state index is -3.87. The quantitative estimate of drug-likeness (QED) is 0.622. The van der Waals surface area contributed by atoms with E-state index in [1.54, 1.807) is 37.3 Å². The zero-order valence-electron chi connectivity index (χ0n) is 16.2. The molecule has 0 aliphatic rings. The molecule has 2 N–H and O–H groups in total. The number of rotatable bonds is 7. The van der Waals surface area contributed by atoms with E-state index in [0.29, 0.717) is 17.9 Å². The van der Waals surface area contributed by atoms with Gasteiger partial charge in [-0.2, -0.15) is 0 Å². The van der Waals surface area contributed by atoms with E-state index in [4.69, 9.17) is 4.74 Å². The molecule has 0 saturated carbocycles. The van der Waals surface area contributed by atoms with Crippen LogP contribution in [0.5, 0.6) is 5.75 Å². The molecule has 3 aromatic carbocycles. The highest BCUT2D eigenvalue weighted by Crippen LogP contribution is 2.24. The zero-order valence-corrected chi connectivity index (χ0v) is 17.0. The third-order valence-electron chi connectivity index (χ3n) is 4.39. The fourth-order valence-electron chi connectivity index (χ4n) is 2.87. The molecule has 6 nitrogen and oxygen atoms in total. The first-order chi connectivity index (χ1) is 13.9. The van der Waals surface area contributed by atoms with Gasteiger partial charge in [-0.05, 0) is 48.4 Å². The van der Waals surface area contributed by atoms with E-state index >= 15 is 0 Å². The van der Waals surface area contributed by atoms with Crippen molar-refractivity contribution in [2.45, 2.75) is 18.4 Å². The Morgan fingerprint density at radius 2 is 1.66 bits per heavy atom. The Labute approximate surface area is 170 Å². The second-order valence-corrected chi connectivity index (χ2v) is 8.13. The Kier molecular flexibility index (Phi) is 6.19. The largest absolute Gasteiger partial charge is 0.496 e. The summed E-state index contributed by atoms with van der Waals surface area (Å²) in [6.07, 6.45) is 0. The lowest BCUT2D eigenvalue weighted by molar-refractivity contribution is 0.0952. The summed E-state index contributed by atoms with van der Waals surface area (Å²) in [5.74, 6) is 0.239. The van der Waals surface area contributed by atoms with E-state index in [9.17, 15) is 13.2 Å². The number of anilines is 1. The topological polar surface area (TPSA) is 84.5 Å². The van der Waals surface area contributed by atoms with Crippen molar-refractivity contribution in [2.24, 2.45) is 0 Å². The Morgan fingerprint density at radius 3 is 2.34 bits per heavy atom. The van der Waals surface area contributed by atoms with Crippen LogP contribution in [-0.2, 0) is 16.6 Å². The van der Waals surface area contributed by atoms with E-state index in [-0.39, 0.29) is 22.1 Å². The monoisotopic (exact) mass is 410 g/mol. The van der Waals surface area contributed by atoms with Crippen LogP contribution in [0, 0.1) is 6.92 Å². The van der Waals surface area contributed by atoms with Crippen LogP contribution < -0.4 is 14.8 Å². The maximum atomic E-state index is 12.8. The van der Waals surface area contributed by atoms with E-state index in [0.717, 1.165) is 5.56 Å². The maximum absolute atomic E-state index is 12.8. The van der Waals surface area contributed by atoms with E-state index in [1.165, 1.54) is 19.2 Å². The second-order valence-electron chi connectivity index (χ2n) is 6.45. The predicted octanol–water partition coefficient (Wildman–Crippen LogP) is 3.73.